The van der Waals surface area contributed by atoms with E-state index in [1.807, 2.05) is 6.92 Å². The Bertz CT molecular complexity index is 570. The van der Waals surface area contributed by atoms with E-state index in [1.165, 1.54) is 19.2 Å². The molecule has 0 unspecified atom stereocenters. The molecule has 7 heteroatoms. The maximum Gasteiger partial charge on any atom is 0.241 e. The lowest BCUT2D eigenvalue weighted by molar-refractivity contribution is 0.141. The van der Waals surface area contributed by atoms with Crippen molar-refractivity contribution in [2.45, 2.75) is 37.8 Å². The predicted octanol–water partition coefficient (Wildman–Crippen LogP) is 1.25. The van der Waals surface area contributed by atoms with Crippen LogP contribution in [0.25, 0.3) is 0 Å². The van der Waals surface area contributed by atoms with Crippen LogP contribution < -0.4 is 15.2 Å². The van der Waals surface area contributed by atoms with Crippen LogP contribution in [-0.4, -0.2) is 34.3 Å². The fourth-order valence-corrected chi connectivity index (χ4v) is 3.44. The lowest BCUT2D eigenvalue weighted by Gasteiger charge is -2.25. The van der Waals surface area contributed by atoms with Crippen LogP contribution in [0.15, 0.2) is 23.1 Å². The van der Waals surface area contributed by atoms with Gasteiger partial charge in [-0.25, -0.2) is 13.1 Å². The SMILES string of the molecule is CCOc1ccc(S(=O)(=O)NC(C)(C)COC)cc1CN. The summed E-state index contributed by atoms with van der Waals surface area (Å²) in [6, 6.07) is 4.68. The minimum Gasteiger partial charge on any atom is -0.494 e. The van der Waals surface area contributed by atoms with Gasteiger partial charge in [0.15, 0.2) is 0 Å². The number of sulfonamides is 1. The molecule has 1 aromatic rings. The second kappa shape index (κ2) is 7.22. The summed E-state index contributed by atoms with van der Waals surface area (Å²) in [5, 5.41) is 0. The Hall–Kier alpha value is -1.15. The highest BCUT2D eigenvalue weighted by atomic mass is 32.2. The zero-order chi connectivity index (χ0) is 16.1. The van der Waals surface area contributed by atoms with Crippen LogP contribution in [-0.2, 0) is 21.3 Å². The third-order valence-corrected chi connectivity index (χ3v) is 4.47. The molecule has 0 aliphatic heterocycles. The van der Waals surface area contributed by atoms with Crippen LogP contribution in [0, 0.1) is 0 Å². The van der Waals surface area contributed by atoms with Gasteiger partial charge in [0.2, 0.25) is 10.0 Å². The molecular weight excluding hydrogens is 292 g/mol. The zero-order valence-corrected chi connectivity index (χ0v) is 13.8. The van der Waals surface area contributed by atoms with Gasteiger partial charge in [0.25, 0.3) is 0 Å². The lowest BCUT2D eigenvalue weighted by atomic mass is 10.1. The van der Waals surface area contributed by atoms with E-state index in [1.54, 1.807) is 19.9 Å². The van der Waals surface area contributed by atoms with Crippen LogP contribution in [0.4, 0.5) is 0 Å². The Morgan fingerprint density at radius 1 is 1.33 bits per heavy atom. The van der Waals surface area contributed by atoms with Gasteiger partial charge in [-0.15, -0.1) is 0 Å². The van der Waals surface area contributed by atoms with Crippen LogP contribution in [0.3, 0.4) is 0 Å². The molecule has 120 valence electrons. The topological polar surface area (TPSA) is 90.7 Å². The minimum atomic E-state index is -3.65. The molecule has 6 nitrogen and oxygen atoms in total. The highest BCUT2D eigenvalue weighted by Gasteiger charge is 2.26. The molecule has 0 aliphatic carbocycles. The van der Waals surface area contributed by atoms with E-state index in [4.69, 9.17) is 15.2 Å². The third kappa shape index (κ3) is 4.96. The van der Waals surface area contributed by atoms with E-state index in [2.05, 4.69) is 4.72 Å². The lowest BCUT2D eigenvalue weighted by Crippen LogP contribution is -2.46. The quantitative estimate of drug-likeness (QED) is 0.753. The van der Waals surface area contributed by atoms with Crippen molar-refractivity contribution in [1.29, 1.82) is 0 Å². The Kier molecular flexibility index (Phi) is 6.15. The first-order chi connectivity index (χ1) is 9.75. The summed E-state index contributed by atoms with van der Waals surface area (Å²) in [6.07, 6.45) is 0. The number of methoxy groups -OCH3 is 1. The van der Waals surface area contributed by atoms with Gasteiger partial charge in [-0.2, -0.15) is 0 Å². The van der Waals surface area contributed by atoms with Gasteiger partial charge in [0.1, 0.15) is 5.75 Å². The molecule has 1 aromatic carbocycles. The van der Waals surface area contributed by atoms with Crippen LogP contribution in [0.2, 0.25) is 0 Å². The van der Waals surface area contributed by atoms with Gasteiger partial charge >= 0.3 is 0 Å². The molecule has 0 amide bonds. The summed E-state index contributed by atoms with van der Waals surface area (Å²) in [5.74, 6) is 0.607. The monoisotopic (exact) mass is 316 g/mol. The van der Waals surface area contributed by atoms with Crippen molar-refractivity contribution < 1.29 is 17.9 Å². The third-order valence-electron chi connectivity index (χ3n) is 2.78. The molecule has 3 N–H and O–H groups in total. The van der Waals surface area contributed by atoms with Crippen molar-refractivity contribution >= 4 is 10.0 Å². The van der Waals surface area contributed by atoms with E-state index in [0.29, 0.717) is 17.9 Å². The smallest absolute Gasteiger partial charge is 0.241 e. The maximum atomic E-state index is 12.4. The summed E-state index contributed by atoms with van der Waals surface area (Å²) < 4.78 is 37.9. The molecule has 0 saturated heterocycles. The molecule has 21 heavy (non-hydrogen) atoms. The summed E-state index contributed by atoms with van der Waals surface area (Å²) in [7, 11) is -2.12. The van der Waals surface area contributed by atoms with Crippen molar-refractivity contribution in [2.24, 2.45) is 5.73 Å². The first-order valence-corrected chi connectivity index (χ1v) is 8.22. The Labute approximate surface area is 126 Å². The van der Waals surface area contributed by atoms with E-state index >= 15 is 0 Å². The molecule has 0 aromatic heterocycles. The largest absolute Gasteiger partial charge is 0.494 e. The highest BCUT2D eigenvalue weighted by Crippen LogP contribution is 2.23. The van der Waals surface area contributed by atoms with Gasteiger partial charge in [0, 0.05) is 19.2 Å². The number of nitrogens with two attached hydrogens (primary N) is 1. The summed E-state index contributed by atoms with van der Waals surface area (Å²) in [6.45, 7) is 6.35. The van der Waals surface area contributed by atoms with Crippen LogP contribution >= 0.6 is 0 Å². The Balaban J connectivity index is 3.09. The van der Waals surface area contributed by atoms with Crippen LogP contribution in [0.5, 0.6) is 5.75 Å². The number of benzene rings is 1. The van der Waals surface area contributed by atoms with Crippen molar-refractivity contribution in [1.82, 2.24) is 4.72 Å². The highest BCUT2D eigenvalue weighted by molar-refractivity contribution is 7.89. The molecule has 0 spiro atoms. The second-order valence-electron chi connectivity index (χ2n) is 5.33. The molecule has 0 fully saturated rings. The van der Waals surface area contributed by atoms with E-state index < -0.39 is 15.6 Å². The second-order valence-corrected chi connectivity index (χ2v) is 7.01. The molecule has 0 saturated carbocycles. The molecule has 0 aliphatic rings. The first kappa shape index (κ1) is 17.9. The van der Waals surface area contributed by atoms with Crippen molar-refractivity contribution in [3.05, 3.63) is 23.8 Å². The predicted molar refractivity (Wildman–Crippen MR) is 81.8 cm³/mol. The maximum absolute atomic E-state index is 12.4. The number of nitrogens with one attached hydrogen (secondary N) is 1. The summed E-state index contributed by atoms with van der Waals surface area (Å²) >= 11 is 0. The van der Waals surface area contributed by atoms with Crippen molar-refractivity contribution in [3.8, 4) is 5.75 Å². The van der Waals surface area contributed by atoms with Gasteiger partial charge in [-0.3, -0.25) is 0 Å². The van der Waals surface area contributed by atoms with E-state index in [9.17, 15) is 8.42 Å². The molecule has 0 bridgehead atoms. The number of hydrogen-bond acceptors (Lipinski definition) is 5. The molecule has 0 atom stereocenters. The molecule has 0 radical (unpaired) electrons. The zero-order valence-electron chi connectivity index (χ0n) is 13.0. The van der Waals surface area contributed by atoms with Gasteiger partial charge in [-0.1, -0.05) is 0 Å². The van der Waals surface area contributed by atoms with E-state index in [0.717, 1.165) is 0 Å². The minimum absolute atomic E-state index is 0.163. The summed E-state index contributed by atoms with van der Waals surface area (Å²) in [5.41, 5.74) is 5.61. The fourth-order valence-electron chi connectivity index (χ4n) is 1.99. The standard InChI is InChI=1S/C14H24N2O4S/c1-5-20-13-7-6-12(8-11(13)9-15)21(17,18)16-14(2,3)10-19-4/h6-8,16H,5,9-10,15H2,1-4H3. The normalized spacial score (nSPS) is 12.4. The summed E-state index contributed by atoms with van der Waals surface area (Å²) in [4.78, 5) is 0.163. The molecule has 1 rings (SSSR count). The van der Waals surface area contributed by atoms with E-state index in [-0.39, 0.29) is 18.0 Å². The van der Waals surface area contributed by atoms with Crippen molar-refractivity contribution in [3.63, 3.8) is 0 Å². The average Bonchev–Trinajstić information content (AvgIpc) is 2.37. The Morgan fingerprint density at radius 3 is 2.52 bits per heavy atom. The number of ether oxygens (including phenoxy) is 2. The first-order valence-electron chi connectivity index (χ1n) is 6.74. The van der Waals surface area contributed by atoms with Crippen molar-refractivity contribution in [2.75, 3.05) is 20.3 Å². The molecule has 0 heterocycles. The van der Waals surface area contributed by atoms with Gasteiger partial charge in [0.05, 0.1) is 23.6 Å². The molecular formula is C14H24N2O4S. The van der Waals surface area contributed by atoms with Crippen LogP contribution in [0.1, 0.15) is 26.3 Å². The number of hydrogen-bond donors (Lipinski definition) is 2. The van der Waals surface area contributed by atoms with Gasteiger partial charge in [-0.05, 0) is 39.0 Å². The number of rotatable bonds is 8. The Morgan fingerprint density at radius 2 is 2.00 bits per heavy atom. The average molecular weight is 316 g/mol. The fraction of sp³-hybridized carbons (Fsp3) is 0.571. The van der Waals surface area contributed by atoms with Gasteiger partial charge < -0.3 is 15.2 Å².